The van der Waals surface area contributed by atoms with Crippen molar-refractivity contribution in [3.05, 3.63) is 65.4 Å². The summed E-state index contributed by atoms with van der Waals surface area (Å²) in [6.45, 7) is 0. The number of hydrogen-bond acceptors (Lipinski definition) is 6. The quantitative estimate of drug-likeness (QED) is 0.577. The summed E-state index contributed by atoms with van der Waals surface area (Å²) in [5.41, 5.74) is 1.70. The van der Waals surface area contributed by atoms with E-state index in [9.17, 15) is 4.79 Å². The van der Waals surface area contributed by atoms with Crippen molar-refractivity contribution in [3.63, 3.8) is 0 Å². The Hall–Kier alpha value is -3.54. The van der Waals surface area contributed by atoms with Crippen LogP contribution in [0.15, 0.2) is 59.2 Å². The first kappa shape index (κ1) is 18.3. The number of nitrogens with zero attached hydrogens (tertiary/aromatic N) is 1. The minimum absolute atomic E-state index is 0.182. The molecule has 138 valence electrons. The maximum Gasteiger partial charge on any atom is 0.363 e. The van der Waals surface area contributed by atoms with E-state index in [1.807, 2.05) is 24.3 Å². The molecule has 27 heavy (non-hydrogen) atoms. The number of carbonyl (C=O) groups excluding carboxylic acids is 1. The van der Waals surface area contributed by atoms with Gasteiger partial charge in [0.1, 0.15) is 17.2 Å². The normalized spacial score (nSPS) is 15.0. The van der Waals surface area contributed by atoms with Gasteiger partial charge >= 0.3 is 5.97 Å². The molecule has 0 amide bonds. The van der Waals surface area contributed by atoms with Crippen LogP contribution in [0.3, 0.4) is 0 Å². The summed E-state index contributed by atoms with van der Waals surface area (Å²) >= 11 is 0. The fourth-order valence-electron chi connectivity index (χ4n) is 2.56. The first-order valence-corrected chi connectivity index (χ1v) is 8.20. The molecular formula is C21H19NO5. The van der Waals surface area contributed by atoms with E-state index in [2.05, 4.69) is 4.99 Å². The summed E-state index contributed by atoms with van der Waals surface area (Å²) in [4.78, 5) is 16.4. The van der Waals surface area contributed by atoms with Crippen molar-refractivity contribution in [2.45, 2.75) is 0 Å². The van der Waals surface area contributed by atoms with Gasteiger partial charge in [-0.3, -0.25) is 0 Å². The Morgan fingerprint density at radius 3 is 2.37 bits per heavy atom. The first-order chi connectivity index (χ1) is 13.1. The van der Waals surface area contributed by atoms with Crippen LogP contribution >= 0.6 is 0 Å². The molecule has 0 atom stereocenters. The van der Waals surface area contributed by atoms with Crippen molar-refractivity contribution in [1.29, 1.82) is 0 Å². The van der Waals surface area contributed by atoms with Crippen molar-refractivity contribution >= 4 is 24.0 Å². The minimum atomic E-state index is -0.528. The second kappa shape index (κ2) is 8.23. The van der Waals surface area contributed by atoms with Crippen molar-refractivity contribution < 1.29 is 23.7 Å². The maximum atomic E-state index is 12.1. The van der Waals surface area contributed by atoms with Gasteiger partial charge in [0.25, 0.3) is 0 Å². The second-order valence-corrected chi connectivity index (χ2v) is 5.55. The van der Waals surface area contributed by atoms with Crippen LogP contribution < -0.4 is 14.2 Å². The number of rotatable bonds is 6. The summed E-state index contributed by atoms with van der Waals surface area (Å²) in [6, 6.07) is 12.8. The van der Waals surface area contributed by atoms with E-state index in [0.717, 1.165) is 11.3 Å². The van der Waals surface area contributed by atoms with E-state index >= 15 is 0 Å². The molecule has 2 aromatic rings. The van der Waals surface area contributed by atoms with Gasteiger partial charge in [0.2, 0.25) is 5.90 Å². The number of carbonyl (C=O) groups is 1. The van der Waals surface area contributed by atoms with Gasteiger partial charge in [0.15, 0.2) is 5.70 Å². The maximum absolute atomic E-state index is 12.1. The minimum Gasteiger partial charge on any atom is -0.497 e. The Morgan fingerprint density at radius 1 is 0.889 bits per heavy atom. The summed E-state index contributed by atoms with van der Waals surface area (Å²) < 4.78 is 21.0. The predicted molar refractivity (Wildman–Crippen MR) is 103 cm³/mol. The van der Waals surface area contributed by atoms with E-state index in [4.69, 9.17) is 18.9 Å². The largest absolute Gasteiger partial charge is 0.497 e. The van der Waals surface area contributed by atoms with Gasteiger partial charge in [-0.05, 0) is 36.4 Å². The number of cyclic esters (lactones) is 1. The summed E-state index contributed by atoms with van der Waals surface area (Å²) in [6.07, 6.45) is 5.01. The monoisotopic (exact) mass is 365 g/mol. The molecule has 0 aliphatic carbocycles. The molecule has 6 heteroatoms. The molecule has 1 heterocycles. The molecule has 3 rings (SSSR count). The molecule has 1 aliphatic heterocycles. The van der Waals surface area contributed by atoms with E-state index in [1.54, 1.807) is 57.8 Å². The van der Waals surface area contributed by atoms with Crippen LogP contribution in [-0.4, -0.2) is 33.2 Å². The third-order valence-corrected chi connectivity index (χ3v) is 3.91. The highest BCUT2D eigenvalue weighted by molar-refractivity contribution is 6.11. The molecule has 0 aromatic heterocycles. The number of benzene rings is 2. The van der Waals surface area contributed by atoms with E-state index in [-0.39, 0.29) is 11.6 Å². The Balaban J connectivity index is 1.88. The van der Waals surface area contributed by atoms with Gasteiger partial charge < -0.3 is 18.9 Å². The molecule has 0 saturated carbocycles. The van der Waals surface area contributed by atoms with Crippen LogP contribution in [0.2, 0.25) is 0 Å². The lowest BCUT2D eigenvalue weighted by Crippen LogP contribution is -2.01. The average Bonchev–Trinajstić information content (AvgIpc) is 3.05. The zero-order valence-electron chi connectivity index (χ0n) is 15.3. The van der Waals surface area contributed by atoms with Crippen LogP contribution in [0.1, 0.15) is 11.1 Å². The third-order valence-electron chi connectivity index (χ3n) is 3.91. The van der Waals surface area contributed by atoms with Crippen LogP contribution in [0.4, 0.5) is 0 Å². The number of ether oxygens (including phenoxy) is 4. The number of hydrogen-bond donors (Lipinski definition) is 0. The highest BCUT2D eigenvalue weighted by Gasteiger charge is 2.22. The van der Waals surface area contributed by atoms with E-state index in [1.165, 1.54) is 0 Å². The van der Waals surface area contributed by atoms with Crippen molar-refractivity contribution in [1.82, 2.24) is 0 Å². The number of methoxy groups -OCH3 is 3. The fourth-order valence-corrected chi connectivity index (χ4v) is 2.56. The lowest BCUT2D eigenvalue weighted by Gasteiger charge is -2.07. The Morgan fingerprint density at radius 2 is 1.63 bits per heavy atom. The summed E-state index contributed by atoms with van der Waals surface area (Å²) in [5.74, 6) is 1.65. The number of aliphatic imine (C=N–C) groups is 1. The molecule has 0 spiro atoms. The molecule has 0 N–H and O–H groups in total. The summed E-state index contributed by atoms with van der Waals surface area (Å²) in [5, 5.41) is 0. The van der Waals surface area contributed by atoms with Crippen LogP contribution in [0.25, 0.3) is 12.2 Å². The van der Waals surface area contributed by atoms with Crippen molar-refractivity contribution in [3.8, 4) is 17.2 Å². The van der Waals surface area contributed by atoms with E-state index in [0.29, 0.717) is 17.1 Å². The summed E-state index contributed by atoms with van der Waals surface area (Å²) in [7, 11) is 4.73. The zero-order chi connectivity index (χ0) is 19.2. The Bertz CT molecular complexity index is 943. The van der Waals surface area contributed by atoms with Gasteiger partial charge in [0, 0.05) is 17.2 Å². The smallest absolute Gasteiger partial charge is 0.363 e. The zero-order valence-corrected chi connectivity index (χ0v) is 15.3. The predicted octanol–water partition coefficient (Wildman–Crippen LogP) is 3.72. The lowest BCUT2D eigenvalue weighted by molar-refractivity contribution is -0.129. The van der Waals surface area contributed by atoms with E-state index < -0.39 is 5.97 Å². The molecule has 0 saturated heterocycles. The standard InChI is InChI=1S/C21H19NO5/c1-24-16-9-10-19(26-3)15(12-16)13-17-21(23)27-20(22-17)11-8-14-6-4-5-7-18(14)25-2/h4-13H,1-3H3/b11-8+,17-13+. The van der Waals surface area contributed by atoms with Gasteiger partial charge in [-0.25, -0.2) is 9.79 Å². The van der Waals surface area contributed by atoms with Crippen molar-refractivity contribution in [2.24, 2.45) is 4.99 Å². The SMILES string of the molecule is COc1ccc(OC)c(/C=C2N=C(/C=C/c3ccccc3OC)OC/2=O)c1. The Kier molecular flexibility index (Phi) is 5.56. The third kappa shape index (κ3) is 4.17. The molecule has 0 bridgehead atoms. The molecule has 0 radical (unpaired) electrons. The molecule has 6 nitrogen and oxygen atoms in total. The van der Waals surface area contributed by atoms with Crippen LogP contribution in [-0.2, 0) is 9.53 Å². The fraction of sp³-hybridized carbons (Fsp3) is 0.143. The topological polar surface area (TPSA) is 66.3 Å². The number of esters is 1. The van der Waals surface area contributed by atoms with Gasteiger partial charge in [-0.2, -0.15) is 0 Å². The number of para-hydroxylation sites is 1. The second-order valence-electron chi connectivity index (χ2n) is 5.55. The molecule has 1 aliphatic rings. The van der Waals surface area contributed by atoms with Crippen molar-refractivity contribution in [2.75, 3.05) is 21.3 Å². The lowest BCUT2D eigenvalue weighted by atomic mass is 10.1. The van der Waals surface area contributed by atoms with Gasteiger partial charge in [0.05, 0.1) is 21.3 Å². The highest BCUT2D eigenvalue weighted by atomic mass is 16.6. The molecule has 2 aromatic carbocycles. The van der Waals surface area contributed by atoms with Crippen LogP contribution in [0.5, 0.6) is 17.2 Å². The van der Waals surface area contributed by atoms with Crippen LogP contribution in [0, 0.1) is 0 Å². The highest BCUT2D eigenvalue weighted by Crippen LogP contribution is 2.28. The average molecular weight is 365 g/mol. The van der Waals surface area contributed by atoms with Gasteiger partial charge in [-0.15, -0.1) is 0 Å². The first-order valence-electron chi connectivity index (χ1n) is 8.20. The molecule has 0 unspecified atom stereocenters. The molecule has 0 fully saturated rings. The van der Waals surface area contributed by atoms with Gasteiger partial charge in [-0.1, -0.05) is 18.2 Å². The molecular weight excluding hydrogens is 346 g/mol. The Labute approximate surface area is 157 Å².